The van der Waals surface area contributed by atoms with Crippen LogP contribution in [0.4, 0.5) is 0 Å². The van der Waals surface area contributed by atoms with Crippen molar-refractivity contribution in [1.82, 2.24) is 0 Å². The average molecular weight is 218 g/mol. The van der Waals surface area contributed by atoms with Crippen molar-refractivity contribution in [3.8, 4) is 0 Å². The van der Waals surface area contributed by atoms with Crippen LogP contribution in [0.3, 0.4) is 0 Å². The van der Waals surface area contributed by atoms with Gasteiger partial charge in [-0.1, -0.05) is 12.2 Å². The van der Waals surface area contributed by atoms with Crippen molar-refractivity contribution in [2.24, 2.45) is 0 Å². The van der Waals surface area contributed by atoms with E-state index in [-0.39, 0.29) is 6.10 Å². The first-order chi connectivity index (χ1) is 6.86. The summed E-state index contributed by atoms with van der Waals surface area (Å²) in [6.45, 7) is 5.19. The van der Waals surface area contributed by atoms with Gasteiger partial charge in [-0.2, -0.15) is 0 Å². The molecule has 1 atom stereocenters. The minimum Gasteiger partial charge on any atom is -0.313 e. The van der Waals surface area contributed by atoms with Crippen LogP contribution in [0.1, 0.15) is 33.1 Å². The highest BCUT2D eigenvalue weighted by Crippen LogP contribution is 2.42. The number of allylic oxidation sites excluding steroid dienone is 1. The second-order valence-electron chi connectivity index (χ2n) is 3.06. The topological polar surface area (TPSA) is 27.7 Å². The highest BCUT2D eigenvalue weighted by molar-refractivity contribution is 7.41. The number of rotatable bonds is 6. The fourth-order valence-corrected chi connectivity index (χ4v) is 2.30. The first-order valence-electron chi connectivity index (χ1n) is 5.26. The first kappa shape index (κ1) is 12.1. The van der Waals surface area contributed by atoms with Crippen LogP contribution < -0.4 is 0 Å². The van der Waals surface area contributed by atoms with Crippen molar-refractivity contribution in [2.45, 2.75) is 39.2 Å². The van der Waals surface area contributed by atoms with Crippen LogP contribution in [0.2, 0.25) is 0 Å². The van der Waals surface area contributed by atoms with Crippen LogP contribution in [0.15, 0.2) is 12.2 Å². The van der Waals surface area contributed by atoms with Gasteiger partial charge in [0.1, 0.15) is 0 Å². The zero-order valence-corrected chi connectivity index (χ0v) is 9.83. The van der Waals surface area contributed by atoms with Crippen LogP contribution in [-0.2, 0) is 13.6 Å². The monoisotopic (exact) mass is 218 g/mol. The first-order valence-corrected chi connectivity index (χ1v) is 6.35. The third-order valence-corrected chi connectivity index (χ3v) is 3.28. The Morgan fingerprint density at radius 2 is 2.00 bits per heavy atom. The Morgan fingerprint density at radius 3 is 2.50 bits per heavy atom. The SMILES string of the molecule is CCOP(OCC)OC1C=CCCC1. The molecule has 0 saturated carbocycles. The Balaban J connectivity index is 2.29. The van der Waals surface area contributed by atoms with Crippen molar-refractivity contribution in [3.63, 3.8) is 0 Å². The third-order valence-electron chi connectivity index (χ3n) is 1.90. The van der Waals surface area contributed by atoms with Crippen molar-refractivity contribution >= 4 is 8.60 Å². The minimum absolute atomic E-state index is 0.188. The third kappa shape index (κ3) is 4.52. The highest BCUT2D eigenvalue weighted by Gasteiger charge is 2.17. The molecule has 0 aromatic carbocycles. The summed E-state index contributed by atoms with van der Waals surface area (Å²) in [6.07, 6.45) is 7.91. The molecular weight excluding hydrogens is 199 g/mol. The summed E-state index contributed by atoms with van der Waals surface area (Å²) in [7, 11) is -1.13. The van der Waals surface area contributed by atoms with E-state index in [4.69, 9.17) is 13.6 Å². The lowest BCUT2D eigenvalue weighted by Gasteiger charge is -2.22. The predicted molar refractivity (Wildman–Crippen MR) is 58.0 cm³/mol. The predicted octanol–water partition coefficient (Wildman–Crippen LogP) is 3.41. The second kappa shape index (κ2) is 7.36. The molecule has 1 unspecified atom stereocenters. The van der Waals surface area contributed by atoms with Gasteiger partial charge in [0.25, 0.3) is 0 Å². The highest BCUT2D eigenvalue weighted by atomic mass is 31.2. The zero-order valence-electron chi connectivity index (χ0n) is 8.94. The van der Waals surface area contributed by atoms with Gasteiger partial charge in [0.05, 0.1) is 19.3 Å². The van der Waals surface area contributed by atoms with Gasteiger partial charge >= 0.3 is 8.60 Å². The van der Waals surface area contributed by atoms with E-state index in [0.717, 1.165) is 6.42 Å². The number of hydrogen-bond donors (Lipinski definition) is 0. The molecule has 0 amide bonds. The van der Waals surface area contributed by atoms with Gasteiger partial charge in [-0.05, 0) is 33.1 Å². The molecule has 3 nitrogen and oxygen atoms in total. The Labute approximate surface area is 87.4 Å². The zero-order chi connectivity index (χ0) is 10.2. The maximum atomic E-state index is 5.71. The van der Waals surface area contributed by atoms with E-state index in [9.17, 15) is 0 Å². The molecule has 82 valence electrons. The molecule has 0 heterocycles. The number of hydrogen-bond acceptors (Lipinski definition) is 3. The quantitative estimate of drug-likeness (QED) is 0.505. The molecule has 0 N–H and O–H groups in total. The van der Waals surface area contributed by atoms with Crippen molar-refractivity contribution in [2.75, 3.05) is 13.2 Å². The van der Waals surface area contributed by atoms with Crippen molar-refractivity contribution in [1.29, 1.82) is 0 Å². The summed E-state index contributed by atoms with van der Waals surface area (Å²) in [4.78, 5) is 0. The van der Waals surface area contributed by atoms with E-state index in [1.54, 1.807) is 0 Å². The van der Waals surface area contributed by atoms with Crippen molar-refractivity contribution < 1.29 is 13.6 Å². The van der Waals surface area contributed by atoms with E-state index in [1.807, 2.05) is 13.8 Å². The summed E-state index contributed by atoms with van der Waals surface area (Å²) in [5.74, 6) is 0. The molecule has 0 radical (unpaired) electrons. The lowest BCUT2D eigenvalue weighted by atomic mass is 10.1. The molecular formula is C10H19O3P. The van der Waals surface area contributed by atoms with Gasteiger partial charge in [0, 0.05) is 0 Å². The molecule has 0 fully saturated rings. The van der Waals surface area contributed by atoms with E-state index >= 15 is 0 Å². The second-order valence-corrected chi connectivity index (χ2v) is 4.24. The molecule has 14 heavy (non-hydrogen) atoms. The maximum Gasteiger partial charge on any atom is 0.333 e. The van der Waals surface area contributed by atoms with Crippen LogP contribution in [0.5, 0.6) is 0 Å². The van der Waals surface area contributed by atoms with Gasteiger partial charge in [0.15, 0.2) is 0 Å². The van der Waals surface area contributed by atoms with Crippen molar-refractivity contribution in [3.05, 3.63) is 12.2 Å². The van der Waals surface area contributed by atoms with Crippen LogP contribution in [0.25, 0.3) is 0 Å². The summed E-state index contributed by atoms with van der Waals surface area (Å²) in [5, 5.41) is 0. The van der Waals surface area contributed by atoms with E-state index < -0.39 is 8.60 Å². The normalized spacial score (nSPS) is 21.8. The molecule has 4 heteroatoms. The average Bonchev–Trinajstić information content (AvgIpc) is 2.20. The van der Waals surface area contributed by atoms with Crippen LogP contribution in [0, 0.1) is 0 Å². The molecule has 1 aliphatic carbocycles. The van der Waals surface area contributed by atoms with Gasteiger partial charge in [0.2, 0.25) is 0 Å². The molecule has 0 bridgehead atoms. The molecule has 0 aromatic heterocycles. The molecule has 0 aliphatic heterocycles. The minimum atomic E-state index is -1.13. The molecule has 1 aliphatic rings. The standard InChI is InChI=1S/C10H19O3P/c1-3-11-14(12-4-2)13-10-8-6-5-7-9-10/h6,8,10H,3-5,7,9H2,1-2H3. The van der Waals surface area contributed by atoms with Gasteiger partial charge in [-0.25, -0.2) is 0 Å². The summed E-state index contributed by atoms with van der Waals surface area (Å²) >= 11 is 0. The lowest BCUT2D eigenvalue weighted by Crippen LogP contribution is -2.11. The molecule has 0 aromatic rings. The van der Waals surface area contributed by atoms with E-state index in [2.05, 4.69) is 12.2 Å². The van der Waals surface area contributed by atoms with Crippen LogP contribution >= 0.6 is 8.60 Å². The van der Waals surface area contributed by atoms with E-state index in [0.29, 0.717) is 13.2 Å². The Morgan fingerprint density at radius 1 is 1.29 bits per heavy atom. The fourth-order valence-electron chi connectivity index (χ4n) is 1.29. The Kier molecular flexibility index (Phi) is 6.37. The molecule has 0 saturated heterocycles. The van der Waals surface area contributed by atoms with Gasteiger partial charge < -0.3 is 13.6 Å². The Hall–Kier alpha value is 0.0500. The molecule has 1 rings (SSSR count). The van der Waals surface area contributed by atoms with Crippen LogP contribution in [-0.4, -0.2) is 19.3 Å². The summed E-state index contributed by atoms with van der Waals surface area (Å²) in [5.41, 5.74) is 0. The summed E-state index contributed by atoms with van der Waals surface area (Å²) < 4.78 is 16.4. The van der Waals surface area contributed by atoms with E-state index in [1.165, 1.54) is 12.8 Å². The fraction of sp³-hybridized carbons (Fsp3) is 0.800. The maximum absolute atomic E-state index is 5.71. The largest absolute Gasteiger partial charge is 0.333 e. The van der Waals surface area contributed by atoms with Gasteiger partial charge in [-0.3, -0.25) is 0 Å². The lowest BCUT2D eigenvalue weighted by molar-refractivity contribution is 0.138. The van der Waals surface area contributed by atoms with Gasteiger partial charge in [-0.15, -0.1) is 0 Å². The summed E-state index contributed by atoms with van der Waals surface area (Å²) in [6, 6.07) is 0. The smallest absolute Gasteiger partial charge is 0.313 e. The molecule has 0 spiro atoms. The Bertz CT molecular complexity index is 167.